The van der Waals surface area contributed by atoms with Gasteiger partial charge in [0, 0.05) is 25.3 Å². The summed E-state index contributed by atoms with van der Waals surface area (Å²) in [5.41, 5.74) is 1.95. The van der Waals surface area contributed by atoms with Crippen LogP contribution in [-0.4, -0.2) is 36.8 Å². The van der Waals surface area contributed by atoms with E-state index in [2.05, 4.69) is 11.9 Å². The average Bonchev–Trinajstić information content (AvgIpc) is 2.36. The highest BCUT2D eigenvalue weighted by atomic mass is 16.5. The van der Waals surface area contributed by atoms with Crippen LogP contribution in [0.1, 0.15) is 24.0 Å². The van der Waals surface area contributed by atoms with E-state index in [1.54, 1.807) is 0 Å². The Balaban J connectivity index is 1.90. The number of benzene rings is 1. The first-order chi connectivity index (χ1) is 8.66. The monoisotopic (exact) mass is 249 g/mol. The molecule has 3 heteroatoms. The Kier molecular flexibility index (Phi) is 4.61. The predicted molar refractivity (Wildman–Crippen MR) is 72.7 cm³/mol. The zero-order valence-electron chi connectivity index (χ0n) is 11.4. The van der Waals surface area contributed by atoms with Crippen molar-refractivity contribution in [2.24, 2.45) is 5.92 Å². The first-order valence-electron chi connectivity index (χ1n) is 6.70. The number of nitrogens with zero attached hydrogens (tertiary/aromatic N) is 1. The van der Waals surface area contributed by atoms with Crippen molar-refractivity contribution in [3.05, 3.63) is 29.3 Å². The molecule has 1 atom stereocenters. The van der Waals surface area contributed by atoms with Crippen LogP contribution in [0.15, 0.2) is 18.2 Å². The van der Waals surface area contributed by atoms with Gasteiger partial charge in [0.1, 0.15) is 5.75 Å². The van der Waals surface area contributed by atoms with Crippen LogP contribution in [0.2, 0.25) is 0 Å². The maximum atomic E-state index is 10.0. The van der Waals surface area contributed by atoms with Gasteiger partial charge in [0.2, 0.25) is 0 Å². The fraction of sp³-hybridized carbons (Fsp3) is 0.600. The number of hydrogen-bond acceptors (Lipinski definition) is 3. The van der Waals surface area contributed by atoms with Crippen molar-refractivity contribution >= 4 is 0 Å². The van der Waals surface area contributed by atoms with Crippen molar-refractivity contribution in [3.8, 4) is 5.75 Å². The Bertz CT molecular complexity index is 386. The van der Waals surface area contributed by atoms with Crippen LogP contribution in [0.4, 0.5) is 0 Å². The summed E-state index contributed by atoms with van der Waals surface area (Å²) in [6.07, 6.45) is 2.43. The first-order valence-corrected chi connectivity index (χ1v) is 6.70. The van der Waals surface area contributed by atoms with Gasteiger partial charge in [0.15, 0.2) is 0 Å². The summed E-state index contributed by atoms with van der Waals surface area (Å²) < 4.78 is 5.50. The van der Waals surface area contributed by atoms with Crippen LogP contribution < -0.4 is 0 Å². The first kappa shape index (κ1) is 13.4. The lowest BCUT2D eigenvalue weighted by atomic mass is 10.0. The number of hydrogen-bond donors (Lipinski definition) is 1. The number of para-hydroxylation sites is 1. The molecule has 1 aliphatic rings. The van der Waals surface area contributed by atoms with E-state index in [9.17, 15) is 5.11 Å². The lowest BCUT2D eigenvalue weighted by molar-refractivity contribution is 0.0411. The van der Waals surface area contributed by atoms with Crippen LogP contribution in [0, 0.1) is 12.8 Å². The summed E-state index contributed by atoms with van der Waals surface area (Å²) in [6.45, 7) is 5.56. The zero-order valence-corrected chi connectivity index (χ0v) is 11.4. The minimum Gasteiger partial charge on any atom is -0.507 e. The van der Waals surface area contributed by atoms with Gasteiger partial charge in [-0.05, 0) is 38.3 Å². The number of aromatic hydroxyl groups is 1. The van der Waals surface area contributed by atoms with E-state index in [1.807, 2.05) is 25.1 Å². The summed E-state index contributed by atoms with van der Waals surface area (Å²) in [6, 6.07) is 5.94. The second kappa shape index (κ2) is 6.21. The van der Waals surface area contributed by atoms with Crippen LogP contribution in [0.3, 0.4) is 0 Å². The van der Waals surface area contributed by atoms with E-state index < -0.39 is 0 Å². The lowest BCUT2D eigenvalue weighted by Gasteiger charge is -2.27. The molecule has 0 amide bonds. The Morgan fingerprint density at radius 2 is 2.28 bits per heavy atom. The molecule has 0 saturated carbocycles. The molecule has 18 heavy (non-hydrogen) atoms. The highest BCUT2D eigenvalue weighted by Gasteiger charge is 2.16. The fourth-order valence-electron chi connectivity index (χ4n) is 2.59. The fourth-order valence-corrected chi connectivity index (χ4v) is 2.59. The average molecular weight is 249 g/mol. The molecular weight excluding hydrogens is 226 g/mol. The van der Waals surface area contributed by atoms with Crippen molar-refractivity contribution in [2.75, 3.05) is 26.8 Å². The summed E-state index contributed by atoms with van der Waals surface area (Å²) in [5.74, 6) is 1.07. The molecule has 3 nitrogen and oxygen atoms in total. The third-order valence-electron chi connectivity index (χ3n) is 3.59. The minimum atomic E-state index is 0.434. The maximum absolute atomic E-state index is 10.0. The molecule has 0 radical (unpaired) electrons. The topological polar surface area (TPSA) is 32.7 Å². The molecule has 1 N–H and O–H groups in total. The summed E-state index contributed by atoms with van der Waals surface area (Å²) in [4.78, 5) is 2.27. The van der Waals surface area contributed by atoms with Gasteiger partial charge in [-0.25, -0.2) is 0 Å². The summed E-state index contributed by atoms with van der Waals surface area (Å²) in [7, 11) is 2.11. The second-order valence-electron chi connectivity index (χ2n) is 5.36. The molecule has 0 bridgehead atoms. The molecule has 0 spiro atoms. The smallest absolute Gasteiger partial charge is 0.122 e. The van der Waals surface area contributed by atoms with Crippen molar-refractivity contribution in [3.63, 3.8) is 0 Å². The van der Waals surface area contributed by atoms with Gasteiger partial charge in [0.05, 0.1) is 6.61 Å². The molecule has 0 aliphatic carbocycles. The predicted octanol–water partition coefficient (Wildman–Crippen LogP) is 2.56. The highest BCUT2D eigenvalue weighted by Crippen LogP contribution is 2.23. The van der Waals surface area contributed by atoms with E-state index in [1.165, 1.54) is 12.8 Å². The van der Waals surface area contributed by atoms with Gasteiger partial charge >= 0.3 is 0 Å². The Hall–Kier alpha value is -1.06. The maximum Gasteiger partial charge on any atom is 0.122 e. The number of phenolic OH excluding ortho intramolecular Hbond substituents is 1. The Labute approximate surface area is 109 Å². The second-order valence-corrected chi connectivity index (χ2v) is 5.36. The van der Waals surface area contributed by atoms with Gasteiger partial charge in [-0.15, -0.1) is 0 Å². The van der Waals surface area contributed by atoms with E-state index in [0.29, 0.717) is 11.7 Å². The number of ether oxygens (including phenoxy) is 1. The van der Waals surface area contributed by atoms with Crippen molar-refractivity contribution in [1.82, 2.24) is 4.90 Å². The van der Waals surface area contributed by atoms with Crippen molar-refractivity contribution < 1.29 is 9.84 Å². The van der Waals surface area contributed by atoms with Crippen molar-refractivity contribution in [2.45, 2.75) is 26.3 Å². The Morgan fingerprint density at radius 3 is 3.00 bits per heavy atom. The zero-order chi connectivity index (χ0) is 13.0. The molecular formula is C15H23NO2. The largest absolute Gasteiger partial charge is 0.507 e. The van der Waals surface area contributed by atoms with E-state index in [0.717, 1.165) is 37.4 Å². The van der Waals surface area contributed by atoms with Gasteiger partial charge < -0.3 is 14.7 Å². The van der Waals surface area contributed by atoms with E-state index in [-0.39, 0.29) is 0 Å². The molecule has 2 rings (SSSR count). The Morgan fingerprint density at radius 1 is 1.44 bits per heavy atom. The van der Waals surface area contributed by atoms with Crippen molar-refractivity contribution in [1.29, 1.82) is 0 Å². The van der Waals surface area contributed by atoms with Gasteiger partial charge in [-0.3, -0.25) is 0 Å². The molecule has 1 aromatic carbocycles. The molecule has 1 unspecified atom stereocenters. The lowest BCUT2D eigenvalue weighted by Crippen LogP contribution is -2.30. The van der Waals surface area contributed by atoms with Crippen LogP contribution >= 0.6 is 0 Å². The standard InChI is InChI=1S/C15H23NO2/c1-12-5-3-7-14(15(12)17)10-16(2)9-13-6-4-8-18-11-13/h3,5,7,13,17H,4,6,8-11H2,1-2H3. The highest BCUT2D eigenvalue weighted by molar-refractivity contribution is 5.39. The van der Waals surface area contributed by atoms with Gasteiger partial charge in [-0.1, -0.05) is 18.2 Å². The van der Waals surface area contributed by atoms with Crippen LogP contribution in [0.25, 0.3) is 0 Å². The number of phenols is 1. The van der Waals surface area contributed by atoms with Gasteiger partial charge in [-0.2, -0.15) is 0 Å². The third kappa shape index (κ3) is 3.47. The molecule has 1 aromatic rings. The molecule has 100 valence electrons. The summed E-state index contributed by atoms with van der Waals surface area (Å²) in [5, 5.41) is 10.0. The SMILES string of the molecule is Cc1cccc(CN(C)CC2CCCOC2)c1O. The third-order valence-corrected chi connectivity index (χ3v) is 3.59. The number of aryl methyl sites for hydroxylation is 1. The molecule has 0 aromatic heterocycles. The molecule has 1 fully saturated rings. The normalized spacial score (nSPS) is 20.3. The van der Waals surface area contributed by atoms with Crippen LogP contribution in [0.5, 0.6) is 5.75 Å². The van der Waals surface area contributed by atoms with E-state index >= 15 is 0 Å². The number of rotatable bonds is 4. The quantitative estimate of drug-likeness (QED) is 0.890. The van der Waals surface area contributed by atoms with E-state index in [4.69, 9.17) is 4.74 Å². The molecule has 1 heterocycles. The minimum absolute atomic E-state index is 0.434. The summed E-state index contributed by atoms with van der Waals surface area (Å²) >= 11 is 0. The van der Waals surface area contributed by atoms with Crippen LogP contribution in [-0.2, 0) is 11.3 Å². The molecule has 1 aliphatic heterocycles. The van der Waals surface area contributed by atoms with Gasteiger partial charge in [0.25, 0.3) is 0 Å². The molecule has 1 saturated heterocycles.